The molecule has 0 saturated heterocycles. The molecule has 0 N–H and O–H groups in total. The third kappa shape index (κ3) is 4.59. The molecule has 3 nitrogen and oxygen atoms in total. The van der Waals surface area contributed by atoms with Crippen LogP contribution < -0.4 is 0 Å². The Bertz CT molecular complexity index is 578. The van der Waals surface area contributed by atoms with E-state index in [9.17, 15) is 4.79 Å². The average Bonchev–Trinajstić information content (AvgIpc) is 2.52. The lowest BCUT2D eigenvalue weighted by atomic mass is 9.97. The van der Waals surface area contributed by atoms with Gasteiger partial charge in [-0.1, -0.05) is 60.7 Å². The zero-order valence-corrected chi connectivity index (χ0v) is 14.3. The fourth-order valence-electron chi connectivity index (χ4n) is 2.56. The van der Waals surface area contributed by atoms with Crippen LogP contribution in [0, 0.1) is 0 Å². The maximum Gasteiger partial charge on any atom is 0.411 e. The lowest BCUT2D eigenvalue weighted by Crippen LogP contribution is -2.39. The highest BCUT2D eigenvalue weighted by atomic mass is 16.6. The van der Waals surface area contributed by atoms with Crippen LogP contribution in [0.1, 0.15) is 44.9 Å². The van der Waals surface area contributed by atoms with Crippen LogP contribution in [0.5, 0.6) is 0 Å². The van der Waals surface area contributed by atoms with Gasteiger partial charge in [-0.2, -0.15) is 0 Å². The molecule has 122 valence electrons. The summed E-state index contributed by atoms with van der Waals surface area (Å²) in [6.45, 7) is 8.21. The Balaban J connectivity index is 2.41. The molecule has 0 spiro atoms. The summed E-state index contributed by atoms with van der Waals surface area (Å²) < 4.78 is 5.60. The average molecular weight is 311 g/mol. The first-order valence-corrected chi connectivity index (χ1v) is 8.02. The van der Waals surface area contributed by atoms with Crippen molar-refractivity contribution in [1.29, 1.82) is 0 Å². The number of amides is 1. The Morgan fingerprint density at radius 1 is 0.957 bits per heavy atom. The van der Waals surface area contributed by atoms with Crippen molar-refractivity contribution in [1.82, 2.24) is 4.90 Å². The second-order valence-electron chi connectivity index (χ2n) is 6.49. The normalized spacial score (nSPS) is 11.3. The number of carbonyl (C=O) groups is 1. The van der Waals surface area contributed by atoms with E-state index in [0.717, 1.165) is 11.1 Å². The van der Waals surface area contributed by atoms with Crippen LogP contribution in [0.15, 0.2) is 60.7 Å². The van der Waals surface area contributed by atoms with E-state index in [4.69, 9.17) is 4.74 Å². The van der Waals surface area contributed by atoms with E-state index in [1.807, 2.05) is 88.4 Å². The number of benzene rings is 2. The molecule has 0 atom stereocenters. The number of carbonyl (C=O) groups excluding carboxylic acids is 1. The first-order chi connectivity index (χ1) is 10.9. The molecule has 2 aromatic carbocycles. The summed E-state index contributed by atoms with van der Waals surface area (Å²) in [6.07, 6.45) is -0.294. The van der Waals surface area contributed by atoms with Gasteiger partial charge in [-0.3, -0.25) is 4.90 Å². The van der Waals surface area contributed by atoms with Gasteiger partial charge in [0.1, 0.15) is 5.60 Å². The van der Waals surface area contributed by atoms with Crippen molar-refractivity contribution in [2.75, 3.05) is 6.54 Å². The van der Waals surface area contributed by atoms with E-state index in [1.165, 1.54) is 0 Å². The molecular weight excluding hydrogens is 286 g/mol. The Morgan fingerprint density at radius 2 is 1.39 bits per heavy atom. The van der Waals surface area contributed by atoms with E-state index in [0.29, 0.717) is 6.54 Å². The summed E-state index contributed by atoms with van der Waals surface area (Å²) in [6, 6.07) is 20.0. The third-order valence-electron chi connectivity index (χ3n) is 3.51. The van der Waals surface area contributed by atoms with Crippen LogP contribution in [0.3, 0.4) is 0 Å². The molecule has 2 aromatic rings. The van der Waals surface area contributed by atoms with Crippen molar-refractivity contribution in [3.63, 3.8) is 0 Å². The van der Waals surface area contributed by atoms with E-state index >= 15 is 0 Å². The van der Waals surface area contributed by atoms with Gasteiger partial charge in [-0.15, -0.1) is 0 Å². The lowest BCUT2D eigenvalue weighted by molar-refractivity contribution is 0.0203. The van der Waals surface area contributed by atoms with Gasteiger partial charge in [-0.05, 0) is 38.8 Å². The van der Waals surface area contributed by atoms with Crippen molar-refractivity contribution >= 4 is 6.09 Å². The molecule has 0 aliphatic carbocycles. The first-order valence-electron chi connectivity index (χ1n) is 8.02. The van der Waals surface area contributed by atoms with Crippen LogP contribution in [-0.2, 0) is 4.74 Å². The van der Waals surface area contributed by atoms with Gasteiger partial charge in [0.25, 0.3) is 0 Å². The molecule has 23 heavy (non-hydrogen) atoms. The van der Waals surface area contributed by atoms with E-state index < -0.39 is 5.60 Å². The monoisotopic (exact) mass is 311 g/mol. The maximum absolute atomic E-state index is 12.7. The maximum atomic E-state index is 12.7. The highest BCUT2D eigenvalue weighted by Crippen LogP contribution is 2.29. The molecule has 0 aromatic heterocycles. The summed E-state index contributed by atoms with van der Waals surface area (Å²) in [7, 11) is 0. The van der Waals surface area contributed by atoms with E-state index in [-0.39, 0.29) is 12.1 Å². The number of ether oxygens (including phenoxy) is 1. The van der Waals surface area contributed by atoms with Crippen LogP contribution in [0.4, 0.5) is 4.79 Å². The number of rotatable bonds is 4. The van der Waals surface area contributed by atoms with E-state index in [2.05, 4.69) is 0 Å². The molecule has 0 aliphatic heterocycles. The first kappa shape index (κ1) is 17.1. The SMILES string of the molecule is CCN(C(=O)OC(C)(C)C)C(c1ccccc1)c1ccccc1. The standard InChI is InChI=1S/C20H25NO2/c1-5-21(19(22)23-20(2,3)4)18(16-12-8-6-9-13-16)17-14-10-7-11-15-17/h6-15,18H,5H2,1-4H3. The summed E-state index contributed by atoms with van der Waals surface area (Å²) in [4.78, 5) is 14.5. The molecule has 0 fully saturated rings. The minimum atomic E-state index is -0.511. The fourth-order valence-corrected chi connectivity index (χ4v) is 2.56. The molecule has 0 heterocycles. The summed E-state index contributed by atoms with van der Waals surface area (Å²) >= 11 is 0. The number of nitrogens with zero attached hydrogens (tertiary/aromatic N) is 1. The minimum Gasteiger partial charge on any atom is -0.444 e. The van der Waals surface area contributed by atoms with Gasteiger partial charge in [-0.25, -0.2) is 4.79 Å². The van der Waals surface area contributed by atoms with Crippen molar-refractivity contribution in [3.05, 3.63) is 71.8 Å². The van der Waals surface area contributed by atoms with Crippen LogP contribution >= 0.6 is 0 Å². The summed E-state index contributed by atoms with van der Waals surface area (Å²) in [5, 5.41) is 0. The predicted molar refractivity (Wildman–Crippen MR) is 93.3 cm³/mol. The Hall–Kier alpha value is -2.29. The van der Waals surface area contributed by atoms with Crippen molar-refractivity contribution < 1.29 is 9.53 Å². The van der Waals surface area contributed by atoms with Crippen molar-refractivity contribution in [2.24, 2.45) is 0 Å². The number of hydrogen-bond donors (Lipinski definition) is 0. The molecule has 2 rings (SSSR count). The molecule has 0 saturated carbocycles. The van der Waals surface area contributed by atoms with Gasteiger partial charge < -0.3 is 4.74 Å². The quantitative estimate of drug-likeness (QED) is 0.792. The molecule has 0 aliphatic rings. The zero-order chi connectivity index (χ0) is 16.9. The Morgan fingerprint density at radius 3 is 1.74 bits per heavy atom. The molecule has 1 amide bonds. The second-order valence-corrected chi connectivity index (χ2v) is 6.49. The van der Waals surface area contributed by atoms with Gasteiger partial charge in [0.2, 0.25) is 0 Å². The van der Waals surface area contributed by atoms with Gasteiger partial charge in [0, 0.05) is 6.54 Å². The molecule has 3 heteroatoms. The molecular formula is C20H25NO2. The smallest absolute Gasteiger partial charge is 0.411 e. The second kappa shape index (κ2) is 7.32. The molecule has 0 radical (unpaired) electrons. The van der Waals surface area contributed by atoms with Crippen LogP contribution in [-0.4, -0.2) is 23.1 Å². The van der Waals surface area contributed by atoms with Crippen LogP contribution in [0.25, 0.3) is 0 Å². The predicted octanol–water partition coefficient (Wildman–Crippen LogP) is 5.03. The van der Waals surface area contributed by atoms with Gasteiger partial charge in [0.15, 0.2) is 0 Å². The topological polar surface area (TPSA) is 29.5 Å². The third-order valence-corrected chi connectivity index (χ3v) is 3.51. The zero-order valence-electron chi connectivity index (χ0n) is 14.3. The van der Waals surface area contributed by atoms with Gasteiger partial charge >= 0.3 is 6.09 Å². The largest absolute Gasteiger partial charge is 0.444 e. The Labute approximate surface area is 138 Å². The highest BCUT2D eigenvalue weighted by Gasteiger charge is 2.29. The summed E-state index contributed by atoms with van der Waals surface area (Å²) in [5.41, 5.74) is 1.64. The van der Waals surface area contributed by atoms with Crippen molar-refractivity contribution in [2.45, 2.75) is 39.3 Å². The summed E-state index contributed by atoms with van der Waals surface area (Å²) in [5.74, 6) is 0. The number of hydrogen-bond acceptors (Lipinski definition) is 2. The van der Waals surface area contributed by atoms with Gasteiger partial charge in [0.05, 0.1) is 6.04 Å². The molecule has 0 unspecified atom stereocenters. The molecule has 0 bridgehead atoms. The van der Waals surface area contributed by atoms with Crippen LogP contribution in [0.2, 0.25) is 0 Å². The lowest BCUT2D eigenvalue weighted by Gasteiger charge is -2.33. The fraction of sp³-hybridized carbons (Fsp3) is 0.350. The Kier molecular flexibility index (Phi) is 5.43. The van der Waals surface area contributed by atoms with E-state index in [1.54, 1.807) is 4.90 Å². The highest BCUT2D eigenvalue weighted by molar-refractivity contribution is 5.69. The van der Waals surface area contributed by atoms with Crippen molar-refractivity contribution in [3.8, 4) is 0 Å². The minimum absolute atomic E-state index is 0.155.